The number of benzene rings is 2. The topological polar surface area (TPSA) is 113 Å². The molecule has 8 nitrogen and oxygen atoms in total. The fourth-order valence-electron chi connectivity index (χ4n) is 2.10. The maximum Gasteiger partial charge on any atom is 0.278 e. The van der Waals surface area contributed by atoms with E-state index in [1.54, 1.807) is 18.2 Å². The molecule has 1 aromatic heterocycles. The second-order valence-electron chi connectivity index (χ2n) is 4.96. The fourth-order valence-corrected chi connectivity index (χ4v) is 2.78. The van der Waals surface area contributed by atoms with Crippen molar-refractivity contribution in [2.45, 2.75) is 5.16 Å². The summed E-state index contributed by atoms with van der Waals surface area (Å²) in [6, 6.07) is 13.7. The number of rotatable bonds is 6. The van der Waals surface area contributed by atoms with Gasteiger partial charge >= 0.3 is 0 Å². The van der Waals surface area contributed by atoms with Crippen LogP contribution in [0.2, 0.25) is 0 Å². The van der Waals surface area contributed by atoms with Gasteiger partial charge < -0.3 is 4.98 Å². The van der Waals surface area contributed by atoms with Crippen LogP contribution in [-0.4, -0.2) is 32.8 Å². The zero-order valence-corrected chi connectivity index (χ0v) is 13.7. The van der Waals surface area contributed by atoms with Crippen LogP contribution in [0.15, 0.2) is 58.8 Å². The Bertz CT molecular complexity index is 921. The number of nitro groups is 1. The molecule has 1 amide bonds. The third kappa shape index (κ3) is 4.21. The minimum atomic E-state index is -0.499. The molecule has 126 valence electrons. The number of imidazole rings is 1. The Morgan fingerprint density at radius 1 is 1.28 bits per heavy atom. The molecule has 3 aromatic rings. The largest absolute Gasteiger partial charge is 0.333 e. The number of amides is 1. The van der Waals surface area contributed by atoms with Crippen LogP contribution >= 0.6 is 11.8 Å². The summed E-state index contributed by atoms with van der Waals surface area (Å²) in [6.45, 7) is 0. The molecule has 0 spiro atoms. The molecule has 0 bridgehead atoms. The number of hydrogen-bond donors (Lipinski definition) is 2. The number of aromatic amines is 1. The van der Waals surface area contributed by atoms with Gasteiger partial charge in [0.15, 0.2) is 5.16 Å². The van der Waals surface area contributed by atoms with Crippen LogP contribution in [0.4, 0.5) is 5.69 Å². The Morgan fingerprint density at radius 3 is 2.84 bits per heavy atom. The highest BCUT2D eigenvalue weighted by Crippen LogP contribution is 2.19. The molecule has 3 rings (SSSR count). The van der Waals surface area contributed by atoms with Crippen molar-refractivity contribution in [3.63, 3.8) is 0 Å². The second kappa shape index (κ2) is 7.58. The van der Waals surface area contributed by atoms with E-state index in [4.69, 9.17) is 0 Å². The summed E-state index contributed by atoms with van der Waals surface area (Å²) >= 11 is 1.25. The first-order valence-corrected chi connectivity index (χ1v) is 8.25. The second-order valence-corrected chi connectivity index (χ2v) is 5.92. The van der Waals surface area contributed by atoms with Crippen molar-refractivity contribution in [1.82, 2.24) is 15.4 Å². The Hall–Kier alpha value is -3.20. The molecule has 2 N–H and O–H groups in total. The molecule has 0 aliphatic heterocycles. The molecule has 0 atom stereocenters. The quantitative estimate of drug-likeness (QED) is 0.305. The molecule has 2 aromatic carbocycles. The number of nitrogens with one attached hydrogen (secondary N) is 2. The Labute approximate surface area is 146 Å². The standard InChI is InChI=1S/C16H13N5O3S/c22-15(10-25-16-18-12-6-2-3-7-13(12)19-16)20-17-9-11-5-1-4-8-14(11)21(23)24/h1-9H,10H2,(H,18,19)(H,20,22)/b17-9+. The van der Waals surface area contributed by atoms with E-state index in [9.17, 15) is 14.9 Å². The summed E-state index contributed by atoms with van der Waals surface area (Å²) in [4.78, 5) is 29.7. The minimum absolute atomic E-state index is 0.0721. The Morgan fingerprint density at radius 2 is 2.04 bits per heavy atom. The lowest BCUT2D eigenvalue weighted by Crippen LogP contribution is -2.19. The number of hydrazone groups is 1. The number of nitrogens with zero attached hydrogens (tertiary/aromatic N) is 3. The van der Waals surface area contributed by atoms with Gasteiger partial charge in [-0.05, 0) is 18.2 Å². The van der Waals surface area contributed by atoms with Crippen molar-refractivity contribution < 1.29 is 9.72 Å². The lowest BCUT2D eigenvalue weighted by molar-refractivity contribution is -0.385. The summed E-state index contributed by atoms with van der Waals surface area (Å²) in [5, 5.41) is 15.3. The number of carbonyl (C=O) groups is 1. The highest BCUT2D eigenvalue weighted by Gasteiger charge is 2.10. The van der Waals surface area contributed by atoms with Gasteiger partial charge in [0, 0.05) is 6.07 Å². The average Bonchev–Trinajstić information content (AvgIpc) is 3.03. The molecule has 0 unspecified atom stereocenters. The maximum atomic E-state index is 11.8. The van der Waals surface area contributed by atoms with Crippen LogP contribution < -0.4 is 5.43 Å². The summed E-state index contributed by atoms with van der Waals surface area (Å²) in [5.41, 5.74) is 4.33. The van der Waals surface area contributed by atoms with Crippen LogP contribution in [0.1, 0.15) is 5.56 Å². The SMILES string of the molecule is O=C(CSc1nc2ccccc2[nH]1)N/N=C/c1ccccc1[N+](=O)[O-]. The summed E-state index contributed by atoms with van der Waals surface area (Å²) in [5.74, 6) is -0.214. The van der Waals surface area contributed by atoms with Gasteiger partial charge in [0.2, 0.25) is 0 Å². The molecule has 0 saturated heterocycles. The van der Waals surface area contributed by atoms with Gasteiger partial charge in [0.05, 0.1) is 33.5 Å². The van der Waals surface area contributed by atoms with E-state index in [1.165, 1.54) is 24.0 Å². The highest BCUT2D eigenvalue weighted by atomic mass is 32.2. The van der Waals surface area contributed by atoms with E-state index >= 15 is 0 Å². The number of aromatic nitrogens is 2. The predicted molar refractivity (Wildman–Crippen MR) is 95.7 cm³/mol. The number of para-hydroxylation sites is 3. The van der Waals surface area contributed by atoms with Crippen LogP contribution in [0.5, 0.6) is 0 Å². The van der Waals surface area contributed by atoms with Gasteiger partial charge in [-0.2, -0.15) is 5.10 Å². The molecule has 9 heteroatoms. The number of carbonyl (C=O) groups excluding carboxylic acids is 1. The summed E-state index contributed by atoms with van der Waals surface area (Å²) < 4.78 is 0. The van der Waals surface area contributed by atoms with Crippen molar-refractivity contribution in [1.29, 1.82) is 0 Å². The first-order chi connectivity index (χ1) is 12.1. The third-order valence-electron chi connectivity index (χ3n) is 3.23. The Balaban J connectivity index is 1.55. The van der Waals surface area contributed by atoms with Crippen LogP contribution in [0.3, 0.4) is 0 Å². The number of thioether (sulfide) groups is 1. The highest BCUT2D eigenvalue weighted by molar-refractivity contribution is 7.99. The van der Waals surface area contributed by atoms with Crippen molar-refractivity contribution in [3.05, 3.63) is 64.2 Å². The molecule has 0 aliphatic rings. The molecule has 0 saturated carbocycles. The first kappa shape index (κ1) is 16.7. The van der Waals surface area contributed by atoms with E-state index in [-0.39, 0.29) is 17.3 Å². The number of H-pyrrole nitrogens is 1. The molecule has 1 heterocycles. The zero-order chi connectivity index (χ0) is 17.6. The van der Waals surface area contributed by atoms with Crippen molar-refractivity contribution in [2.75, 3.05) is 5.75 Å². The maximum absolute atomic E-state index is 11.8. The van der Waals surface area contributed by atoms with E-state index in [2.05, 4.69) is 20.5 Å². The Kier molecular flexibility index (Phi) is 5.05. The first-order valence-electron chi connectivity index (χ1n) is 7.26. The van der Waals surface area contributed by atoms with Crippen LogP contribution in [-0.2, 0) is 4.79 Å². The van der Waals surface area contributed by atoms with Gasteiger partial charge in [-0.3, -0.25) is 14.9 Å². The third-order valence-corrected chi connectivity index (χ3v) is 4.11. The molecular weight excluding hydrogens is 342 g/mol. The van der Waals surface area contributed by atoms with Gasteiger partial charge in [-0.1, -0.05) is 36.0 Å². The summed E-state index contributed by atoms with van der Waals surface area (Å²) in [7, 11) is 0. The zero-order valence-electron chi connectivity index (χ0n) is 12.9. The molecular formula is C16H13N5O3S. The number of nitro benzene ring substituents is 1. The van der Waals surface area contributed by atoms with Gasteiger partial charge in [0.25, 0.3) is 11.6 Å². The molecule has 25 heavy (non-hydrogen) atoms. The normalized spacial score (nSPS) is 11.0. The monoisotopic (exact) mass is 355 g/mol. The number of hydrogen-bond acceptors (Lipinski definition) is 6. The van der Waals surface area contributed by atoms with Gasteiger partial charge in [-0.15, -0.1) is 0 Å². The van der Waals surface area contributed by atoms with Gasteiger partial charge in [0.1, 0.15) is 0 Å². The van der Waals surface area contributed by atoms with Crippen LogP contribution in [0, 0.1) is 10.1 Å². The minimum Gasteiger partial charge on any atom is -0.333 e. The molecule has 0 aliphatic carbocycles. The molecule has 0 radical (unpaired) electrons. The fraction of sp³-hybridized carbons (Fsp3) is 0.0625. The van der Waals surface area contributed by atoms with E-state index in [0.29, 0.717) is 10.7 Å². The van der Waals surface area contributed by atoms with E-state index in [1.807, 2.05) is 24.3 Å². The van der Waals surface area contributed by atoms with Crippen molar-refractivity contribution in [3.8, 4) is 0 Å². The van der Waals surface area contributed by atoms with Crippen molar-refractivity contribution >= 4 is 40.6 Å². The van der Waals surface area contributed by atoms with E-state index in [0.717, 1.165) is 11.0 Å². The lowest BCUT2D eigenvalue weighted by atomic mass is 10.2. The van der Waals surface area contributed by atoms with Crippen molar-refractivity contribution in [2.24, 2.45) is 5.10 Å². The smallest absolute Gasteiger partial charge is 0.278 e. The summed E-state index contributed by atoms with van der Waals surface area (Å²) in [6.07, 6.45) is 1.25. The van der Waals surface area contributed by atoms with Gasteiger partial charge in [-0.25, -0.2) is 10.4 Å². The van der Waals surface area contributed by atoms with Crippen LogP contribution in [0.25, 0.3) is 11.0 Å². The molecule has 0 fully saturated rings. The van der Waals surface area contributed by atoms with E-state index < -0.39 is 4.92 Å². The average molecular weight is 355 g/mol. The lowest BCUT2D eigenvalue weighted by Gasteiger charge is -1.98. The number of fused-ring (bicyclic) bond motifs is 1. The predicted octanol–water partition coefficient (Wildman–Crippen LogP) is 2.71.